The van der Waals surface area contributed by atoms with Crippen molar-refractivity contribution in [3.63, 3.8) is 0 Å². The molecule has 62 valence electrons. The van der Waals surface area contributed by atoms with Gasteiger partial charge in [0.25, 0.3) is 0 Å². The van der Waals surface area contributed by atoms with E-state index < -0.39 is 5.97 Å². The van der Waals surface area contributed by atoms with E-state index in [9.17, 15) is 4.79 Å². The Balaban J connectivity index is 2.60. The van der Waals surface area contributed by atoms with Crippen molar-refractivity contribution in [3.8, 4) is 11.8 Å². The smallest absolute Gasteiger partial charge is 0.349 e. The SMILES string of the molecule is Cc1c2c3oc1c(C#N)c3C(=O)O2. The predicted octanol–water partition coefficient (Wildman–Crippen LogP) is 1.58. The predicted molar refractivity (Wildman–Crippen MR) is 41.8 cm³/mol. The van der Waals surface area contributed by atoms with Crippen molar-refractivity contribution in [2.75, 3.05) is 0 Å². The molecule has 2 bridgehead atoms. The van der Waals surface area contributed by atoms with Crippen LogP contribution in [0.1, 0.15) is 21.5 Å². The molecule has 0 aromatic carbocycles. The van der Waals surface area contributed by atoms with Crippen LogP contribution in [-0.4, -0.2) is 5.97 Å². The number of carbonyl (C=O) groups is 1. The first kappa shape index (κ1) is 6.49. The summed E-state index contributed by atoms with van der Waals surface area (Å²) in [6.07, 6.45) is 0. The van der Waals surface area contributed by atoms with Gasteiger partial charge in [-0.05, 0) is 6.92 Å². The Hall–Kier alpha value is -2.02. The second-order valence-electron chi connectivity index (χ2n) is 2.97. The number of ether oxygens (including phenoxy) is 1. The molecule has 3 heterocycles. The number of benzene rings is 1. The van der Waals surface area contributed by atoms with Gasteiger partial charge in [0.05, 0.1) is 0 Å². The standard InChI is InChI=1S/C9H3NO3/c1-3-6-4(2-10)5-8(12-6)7(3)13-9(5)11/h1H3. The summed E-state index contributed by atoms with van der Waals surface area (Å²) in [4.78, 5) is 11.2. The van der Waals surface area contributed by atoms with E-state index in [0.717, 1.165) is 5.56 Å². The third-order valence-electron chi connectivity index (χ3n) is 2.31. The number of esters is 1. The van der Waals surface area contributed by atoms with Gasteiger partial charge in [-0.25, -0.2) is 4.79 Å². The van der Waals surface area contributed by atoms with Gasteiger partial charge in [0.1, 0.15) is 17.2 Å². The molecule has 2 aromatic rings. The number of hydrogen-bond acceptors (Lipinski definition) is 4. The highest BCUT2D eigenvalue weighted by Crippen LogP contribution is 2.45. The Labute approximate surface area is 72.6 Å². The number of aryl methyl sites for hydroxylation is 1. The second-order valence-corrected chi connectivity index (χ2v) is 2.97. The summed E-state index contributed by atoms with van der Waals surface area (Å²) < 4.78 is 10.2. The summed E-state index contributed by atoms with van der Waals surface area (Å²) in [7, 11) is 0. The second kappa shape index (κ2) is 1.67. The van der Waals surface area contributed by atoms with Crippen LogP contribution in [0, 0.1) is 18.3 Å². The Bertz CT molecular complexity index is 573. The molecule has 0 saturated heterocycles. The van der Waals surface area contributed by atoms with E-state index in [2.05, 4.69) is 0 Å². The lowest BCUT2D eigenvalue weighted by atomic mass is 10.1. The molecule has 0 aliphatic carbocycles. The number of hydrogen-bond donors (Lipinski definition) is 0. The molecule has 0 unspecified atom stereocenters. The fraction of sp³-hybridized carbons (Fsp3) is 0.111. The number of rotatable bonds is 0. The maximum atomic E-state index is 11.2. The van der Waals surface area contributed by atoms with E-state index in [1.165, 1.54) is 0 Å². The van der Waals surface area contributed by atoms with Crippen LogP contribution in [0.2, 0.25) is 0 Å². The molecule has 3 rings (SSSR count). The van der Waals surface area contributed by atoms with Crippen molar-refractivity contribution < 1.29 is 13.9 Å². The van der Waals surface area contributed by atoms with Crippen LogP contribution in [0.15, 0.2) is 4.42 Å². The van der Waals surface area contributed by atoms with Gasteiger partial charge in [-0.3, -0.25) is 0 Å². The van der Waals surface area contributed by atoms with E-state index >= 15 is 0 Å². The van der Waals surface area contributed by atoms with Gasteiger partial charge in [-0.15, -0.1) is 0 Å². The van der Waals surface area contributed by atoms with Crippen LogP contribution in [0.25, 0.3) is 11.2 Å². The first-order valence-corrected chi connectivity index (χ1v) is 3.74. The summed E-state index contributed by atoms with van der Waals surface area (Å²) in [5.41, 5.74) is 2.24. The highest BCUT2D eigenvalue weighted by molar-refractivity contribution is 6.12. The third-order valence-corrected chi connectivity index (χ3v) is 2.31. The molecule has 0 amide bonds. The van der Waals surface area contributed by atoms with E-state index in [4.69, 9.17) is 14.4 Å². The number of carbonyl (C=O) groups excluding carboxylic acids is 1. The molecule has 0 N–H and O–H groups in total. The maximum absolute atomic E-state index is 11.2. The molecular weight excluding hydrogens is 170 g/mol. The van der Waals surface area contributed by atoms with E-state index in [0.29, 0.717) is 22.5 Å². The minimum atomic E-state index is -0.478. The first-order valence-electron chi connectivity index (χ1n) is 3.74. The van der Waals surface area contributed by atoms with E-state index in [-0.39, 0.29) is 5.56 Å². The average molecular weight is 173 g/mol. The Kier molecular flexibility index (Phi) is 0.832. The molecule has 13 heavy (non-hydrogen) atoms. The van der Waals surface area contributed by atoms with E-state index in [1.807, 2.05) is 6.07 Å². The fourth-order valence-electron chi connectivity index (χ4n) is 1.70. The summed E-state index contributed by atoms with van der Waals surface area (Å²) in [6.45, 7) is 1.77. The van der Waals surface area contributed by atoms with Gasteiger partial charge < -0.3 is 9.15 Å². The molecule has 1 aliphatic rings. The summed E-state index contributed by atoms with van der Waals surface area (Å²) >= 11 is 0. The molecule has 4 heteroatoms. The molecule has 1 aliphatic heterocycles. The van der Waals surface area contributed by atoms with Gasteiger partial charge in [0.15, 0.2) is 16.9 Å². The summed E-state index contributed by atoms with van der Waals surface area (Å²) in [6, 6.07) is 1.95. The van der Waals surface area contributed by atoms with Gasteiger partial charge in [0.2, 0.25) is 0 Å². The zero-order chi connectivity index (χ0) is 9.16. The van der Waals surface area contributed by atoms with Crippen LogP contribution in [-0.2, 0) is 0 Å². The van der Waals surface area contributed by atoms with Crippen molar-refractivity contribution in [3.05, 3.63) is 16.7 Å². The molecule has 4 nitrogen and oxygen atoms in total. The van der Waals surface area contributed by atoms with Crippen LogP contribution < -0.4 is 4.74 Å². The number of nitrogens with zero attached hydrogens (tertiary/aromatic N) is 1. The highest BCUT2D eigenvalue weighted by Gasteiger charge is 2.37. The molecule has 0 saturated carbocycles. The van der Waals surface area contributed by atoms with Gasteiger partial charge in [-0.2, -0.15) is 5.26 Å². The maximum Gasteiger partial charge on any atom is 0.349 e. The van der Waals surface area contributed by atoms with Gasteiger partial charge in [0, 0.05) is 5.56 Å². The molecule has 0 spiro atoms. The lowest BCUT2D eigenvalue weighted by Gasteiger charge is -1.89. The molecule has 0 atom stereocenters. The molecular formula is C9H3NO3. The average Bonchev–Trinajstić information content (AvgIpc) is 2.68. The van der Waals surface area contributed by atoms with Crippen LogP contribution in [0.5, 0.6) is 5.75 Å². The van der Waals surface area contributed by atoms with Gasteiger partial charge in [-0.1, -0.05) is 0 Å². The van der Waals surface area contributed by atoms with Crippen LogP contribution in [0.3, 0.4) is 0 Å². The summed E-state index contributed by atoms with van der Waals surface area (Å²) in [5, 5.41) is 8.79. The van der Waals surface area contributed by atoms with Crippen molar-refractivity contribution in [1.82, 2.24) is 0 Å². The topological polar surface area (TPSA) is 63.2 Å². The first-order chi connectivity index (χ1) is 6.24. The Morgan fingerprint density at radius 3 is 2.85 bits per heavy atom. The van der Waals surface area contributed by atoms with Crippen LogP contribution >= 0.6 is 0 Å². The number of furan rings is 2. The largest absolute Gasteiger partial charge is 0.451 e. The monoisotopic (exact) mass is 173 g/mol. The molecule has 0 radical (unpaired) electrons. The minimum absolute atomic E-state index is 0.290. The lowest BCUT2D eigenvalue weighted by Crippen LogP contribution is -2.01. The van der Waals surface area contributed by atoms with Crippen LogP contribution in [0.4, 0.5) is 0 Å². The summed E-state index contributed by atoms with van der Waals surface area (Å²) in [5.74, 6) is 0.00222. The normalized spacial score (nSPS) is 13.7. The van der Waals surface area contributed by atoms with Gasteiger partial charge >= 0.3 is 5.97 Å². The zero-order valence-corrected chi connectivity index (χ0v) is 6.67. The minimum Gasteiger partial charge on any atom is -0.451 e. The molecule has 0 fully saturated rings. The number of nitriles is 1. The third kappa shape index (κ3) is 0.491. The van der Waals surface area contributed by atoms with E-state index in [1.54, 1.807) is 6.92 Å². The van der Waals surface area contributed by atoms with Crippen molar-refractivity contribution in [2.24, 2.45) is 0 Å². The number of fused-ring (bicyclic) bond motifs is 1. The lowest BCUT2D eigenvalue weighted by molar-refractivity contribution is 0.0754. The highest BCUT2D eigenvalue weighted by atomic mass is 16.6. The Morgan fingerprint density at radius 1 is 1.38 bits per heavy atom. The Morgan fingerprint density at radius 2 is 2.15 bits per heavy atom. The van der Waals surface area contributed by atoms with Crippen molar-refractivity contribution >= 4 is 17.1 Å². The molecule has 2 aromatic heterocycles. The quantitative estimate of drug-likeness (QED) is 0.567. The fourth-order valence-corrected chi connectivity index (χ4v) is 1.70. The van der Waals surface area contributed by atoms with Crippen molar-refractivity contribution in [1.29, 1.82) is 5.26 Å². The van der Waals surface area contributed by atoms with Crippen molar-refractivity contribution in [2.45, 2.75) is 6.92 Å². The zero-order valence-electron chi connectivity index (χ0n) is 6.67.